The zero-order chi connectivity index (χ0) is 29.0. The lowest BCUT2D eigenvalue weighted by atomic mass is 9.99. The number of nitrogens with zero attached hydrogens (tertiary/aromatic N) is 3. The lowest BCUT2D eigenvalue weighted by Gasteiger charge is -2.17. The molecule has 0 atom stereocenters. The first-order valence-corrected chi connectivity index (χ1v) is 13.7. The molecular formula is C30H27N3O5S2. The van der Waals surface area contributed by atoms with Gasteiger partial charge in [0.2, 0.25) is 5.88 Å². The maximum absolute atomic E-state index is 13.3. The average Bonchev–Trinajstić information content (AvgIpc) is 3.20. The van der Waals surface area contributed by atoms with Gasteiger partial charge in [0.15, 0.2) is 5.78 Å². The van der Waals surface area contributed by atoms with Crippen molar-refractivity contribution < 1.29 is 19.4 Å². The third-order valence-electron chi connectivity index (χ3n) is 6.61. The van der Waals surface area contributed by atoms with Gasteiger partial charge in [0.1, 0.15) is 21.7 Å². The Kier molecular flexibility index (Phi) is 8.87. The second-order valence-electron chi connectivity index (χ2n) is 9.32. The van der Waals surface area contributed by atoms with Crippen molar-refractivity contribution in [3.05, 3.63) is 97.2 Å². The number of methoxy groups -OCH3 is 1. The van der Waals surface area contributed by atoms with Crippen LogP contribution < -0.4 is 10.3 Å². The Morgan fingerprint density at radius 1 is 1.12 bits per heavy atom. The number of nitriles is 1. The number of hydrogen-bond donors (Lipinski definition) is 1. The second-order valence-corrected chi connectivity index (χ2v) is 11.0. The maximum atomic E-state index is 13.3. The highest BCUT2D eigenvalue weighted by Crippen LogP contribution is 2.33. The molecular weight excluding hydrogens is 546 g/mol. The number of ketones is 1. The predicted octanol–water partition coefficient (Wildman–Crippen LogP) is 4.96. The van der Waals surface area contributed by atoms with Gasteiger partial charge in [0, 0.05) is 13.0 Å². The van der Waals surface area contributed by atoms with E-state index in [1.807, 2.05) is 37.3 Å². The molecule has 1 aromatic heterocycles. The van der Waals surface area contributed by atoms with Crippen LogP contribution >= 0.6 is 24.0 Å². The fraction of sp³-hybridized carbons (Fsp3) is 0.233. The zero-order valence-corrected chi connectivity index (χ0v) is 23.9. The molecule has 2 heterocycles. The van der Waals surface area contributed by atoms with E-state index in [4.69, 9.17) is 17.0 Å². The summed E-state index contributed by atoms with van der Waals surface area (Å²) in [4.78, 5) is 41.2. The van der Waals surface area contributed by atoms with E-state index in [0.717, 1.165) is 15.7 Å². The van der Waals surface area contributed by atoms with Crippen molar-refractivity contribution >= 4 is 46.1 Å². The summed E-state index contributed by atoms with van der Waals surface area (Å²) in [6, 6.07) is 16.6. The molecule has 8 nitrogen and oxygen atoms in total. The van der Waals surface area contributed by atoms with Gasteiger partial charge in [-0.3, -0.25) is 23.9 Å². The van der Waals surface area contributed by atoms with E-state index >= 15 is 0 Å². The highest BCUT2D eigenvalue weighted by Gasteiger charge is 2.32. The number of aromatic hydroxyl groups is 1. The van der Waals surface area contributed by atoms with Gasteiger partial charge in [-0.2, -0.15) is 5.26 Å². The number of aryl methyl sites for hydroxylation is 1. The van der Waals surface area contributed by atoms with Crippen molar-refractivity contribution in [2.45, 2.75) is 33.2 Å². The number of thiocarbonyl (C=S) groups is 1. The smallest absolute Gasteiger partial charge is 0.271 e. The number of ether oxygens (including phenoxy) is 1. The lowest BCUT2D eigenvalue weighted by molar-refractivity contribution is -0.122. The van der Waals surface area contributed by atoms with E-state index in [-0.39, 0.29) is 48.5 Å². The third-order valence-corrected chi connectivity index (χ3v) is 7.99. The number of Topliss-reactive ketones (excluding diaryl/α,β-unsaturated/α-hetero) is 1. The highest BCUT2D eigenvalue weighted by atomic mass is 32.2. The van der Waals surface area contributed by atoms with Gasteiger partial charge in [0.05, 0.1) is 24.1 Å². The molecule has 0 saturated carbocycles. The largest absolute Gasteiger partial charge is 0.497 e. The summed E-state index contributed by atoms with van der Waals surface area (Å²) < 4.78 is 6.59. The minimum absolute atomic E-state index is 0.0198. The quantitative estimate of drug-likeness (QED) is 0.217. The number of thioether (sulfide) groups is 1. The molecule has 0 unspecified atom stereocenters. The number of amides is 1. The predicted molar refractivity (Wildman–Crippen MR) is 159 cm³/mol. The van der Waals surface area contributed by atoms with Crippen LogP contribution in [0.2, 0.25) is 0 Å². The Morgan fingerprint density at radius 3 is 2.42 bits per heavy atom. The third kappa shape index (κ3) is 6.01. The molecule has 40 heavy (non-hydrogen) atoms. The molecule has 0 radical (unpaired) electrons. The minimum Gasteiger partial charge on any atom is -0.497 e. The Hall–Kier alpha value is -4.20. The van der Waals surface area contributed by atoms with E-state index in [1.165, 1.54) is 30.7 Å². The Morgan fingerprint density at radius 2 is 1.80 bits per heavy atom. The zero-order valence-electron chi connectivity index (χ0n) is 22.3. The summed E-state index contributed by atoms with van der Waals surface area (Å²) in [6.45, 7) is 3.65. The Bertz CT molecular complexity index is 1620. The number of carbonyl (C=O) groups excluding carboxylic acids is 2. The first-order valence-electron chi connectivity index (χ1n) is 12.5. The van der Waals surface area contributed by atoms with Crippen LogP contribution in [0, 0.1) is 25.2 Å². The van der Waals surface area contributed by atoms with Crippen molar-refractivity contribution in [1.29, 1.82) is 5.26 Å². The summed E-state index contributed by atoms with van der Waals surface area (Å²) in [5, 5.41) is 20.6. The van der Waals surface area contributed by atoms with Crippen LogP contribution in [-0.4, -0.2) is 44.2 Å². The number of benzene rings is 2. The molecule has 1 aliphatic heterocycles. The summed E-state index contributed by atoms with van der Waals surface area (Å²) in [5.41, 5.74) is 1.87. The van der Waals surface area contributed by atoms with Gasteiger partial charge in [-0.05, 0) is 55.2 Å². The molecule has 10 heteroatoms. The Labute approximate surface area is 241 Å². The fourth-order valence-electron chi connectivity index (χ4n) is 4.37. The maximum Gasteiger partial charge on any atom is 0.271 e. The van der Waals surface area contributed by atoms with Gasteiger partial charge < -0.3 is 9.84 Å². The van der Waals surface area contributed by atoms with Gasteiger partial charge >= 0.3 is 0 Å². The van der Waals surface area contributed by atoms with Gasteiger partial charge in [-0.1, -0.05) is 65.9 Å². The molecule has 2 aromatic carbocycles. The van der Waals surface area contributed by atoms with Crippen LogP contribution in [0.3, 0.4) is 0 Å². The van der Waals surface area contributed by atoms with Crippen molar-refractivity contribution in [2.24, 2.45) is 0 Å². The van der Waals surface area contributed by atoms with Crippen LogP contribution in [0.25, 0.3) is 6.08 Å². The fourth-order valence-corrected chi connectivity index (χ4v) is 5.68. The molecule has 1 saturated heterocycles. The van der Waals surface area contributed by atoms with Gasteiger partial charge in [-0.25, -0.2) is 0 Å². The second kappa shape index (κ2) is 12.3. The average molecular weight is 574 g/mol. The summed E-state index contributed by atoms with van der Waals surface area (Å²) in [6.07, 6.45) is 2.05. The van der Waals surface area contributed by atoms with Gasteiger partial charge in [-0.15, -0.1) is 0 Å². The van der Waals surface area contributed by atoms with E-state index in [0.29, 0.717) is 20.5 Å². The van der Waals surface area contributed by atoms with Crippen LogP contribution in [0.15, 0.2) is 58.2 Å². The minimum atomic E-state index is -0.678. The monoisotopic (exact) mass is 573 g/mol. The topological polar surface area (TPSA) is 113 Å². The molecule has 0 aliphatic carbocycles. The summed E-state index contributed by atoms with van der Waals surface area (Å²) in [7, 11) is 1.54. The molecule has 1 N–H and O–H groups in total. The highest BCUT2D eigenvalue weighted by molar-refractivity contribution is 8.26. The number of rotatable bonds is 9. The van der Waals surface area contributed by atoms with E-state index in [1.54, 1.807) is 30.3 Å². The van der Waals surface area contributed by atoms with E-state index in [9.17, 15) is 24.8 Å². The Balaban J connectivity index is 1.50. The van der Waals surface area contributed by atoms with Gasteiger partial charge in [0.25, 0.3) is 11.5 Å². The molecule has 0 bridgehead atoms. The van der Waals surface area contributed by atoms with Crippen molar-refractivity contribution in [1.82, 2.24) is 9.47 Å². The van der Waals surface area contributed by atoms with Crippen molar-refractivity contribution in [3.8, 4) is 17.7 Å². The molecule has 3 aromatic rings. The first kappa shape index (κ1) is 28.8. The van der Waals surface area contributed by atoms with Crippen LogP contribution in [0.4, 0.5) is 0 Å². The molecule has 1 amide bonds. The van der Waals surface area contributed by atoms with E-state index in [2.05, 4.69) is 0 Å². The first-order chi connectivity index (χ1) is 19.1. The van der Waals surface area contributed by atoms with Crippen molar-refractivity contribution in [2.75, 3.05) is 13.7 Å². The van der Waals surface area contributed by atoms with Crippen LogP contribution in [0.5, 0.6) is 11.6 Å². The summed E-state index contributed by atoms with van der Waals surface area (Å²) in [5.74, 6) is -0.517. The molecule has 0 spiro atoms. The van der Waals surface area contributed by atoms with Crippen LogP contribution in [-0.2, 0) is 11.3 Å². The standard InChI is InChI=1S/C30H27N3O5S2/c1-18-6-8-20(9-7-18)15-25-28(36)32(30(39)40-25)14-4-5-24(34)26-19(2)23(16-31)27(35)33(29(26)37)17-21-10-12-22(38-3)13-11-21/h6-13,15,37H,4-5,14,17H2,1-3H3/b25-15-. The number of aromatic nitrogens is 1. The SMILES string of the molecule is COc1ccc(Cn2c(O)c(C(=O)CCCN3C(=O)/C(=C/c4ccc(C)cc4)SC3=S)c(C)c(C#N)c2=O)cc1. The van der Waals surface area contributed by atoms with E-state index < -0.39 is 17.2 Å². The normalized spacial score (nSPS) is 14.1. The summed E-state index contributed by atoms with van der Waals surface area (Å²) >= 11 is 6.62. The van der Waals surface area contributed by atoms with Crippen LogP contribution in [0.1, 0.15) is 51.0 Å². The molecule has 204 valence electrons. The number of pyridine rings is 1. The lowest BCUT2D eigenvalue weighted by Crippen LogP contribution is -2.30. The molecule has 4 rings (SSSR count). The number of carbonyl (C=O) groups is 2. The molecule has 1 fully saturated rings. The molecule has 1 aliphatic rings. The number of hydrogen-bond acceptors (Lipinski definition) is 8. The van der Waals surface area contributed by atoms with Crippen molar-refractivity contribution in [3.63, 3.8) is 0 Å².